The van der Waals surface area contributed by atoms with E-state index in [1.165, 1.54) is 24.8 Å². The van der Waals surface area contributed by atoms with Crippen LogP contribution >= 0.6 is 0 Å². The Morgan fingerprint density at radius 2 is 1.66 bits per heavy atom. The molecule has 0 spiro atoms. The number of anilines is 3. The lowest BCUT2D eigenvalue weighted by Crippen LogP contribution is -2.45. The number of carbonyl (C=O) groups excluding carboxylic acids is 3. The molecule has 0 bridgehead atoms. The molecule has 2 aliphatic rings. The summed E-state index contributed by atoms with van der Waals surface area (Å²) in [6, 6.07) is 17.6. The number of amides is 4. The lowest BCUT2D eigenvalue weighted by Gasteiger charge is -2.28. The van der Waals surface area contributed by atoms with Crippen molar-refractivity contribution in [3.8, 4) is 6.07 Å². The number of hydrogen-bond acceptors (Lipinski definition) is 6. The van der Waals surface area contributed by atoms with Crippen LogP contribution in [0.5, 0.6) is 0 Å². The van der Waals surface area contributed by atoms with Crippen molar-refractivity contribution in [3.63, 3.8) is 0 Å². The molecule has 0 aromatic heterocycles. The van der Waals surface area contributed by atoms with Gasteiger partial charge in [-0.25, -0.2) is 14.7 Å². The third-order valence-corrected chi connectivity index (χ3v) is 7.90. The monoisotopic (exact) mass is 604 g/mol. The van der Waals surface area contributed by atoms with E-state index in [4.69, 9.17) is 5.26 Å². The summed E-state index contributed by atoms with van der Waals surface area (Å²) in [5.74, 6) is -0.878. The number of nitrogens with one attached hydrogen (secondary N) is 2. The van der Waals surface area contributed by atoms with E-state index in [1.807, 2.05) is 5.01 Å². The van der Waals surface area contributed by atoms with Crippen LogP contribution in [0.4, 0.5) is 35.0 Å². The summed E-state index contributed by atoms with van der Waals surface area (Å²) in [6.45, 7) is 4.69. The standard InChI is InChI=1S/C32H31F3N6O3/c1-31(2)29(43)41(25-15-12-22(19-36)26(18-25)32(33,34)35)30(44)40(31)20-23-8-4-5-9-27(23)37-24-13-10-21(11-14-24)28(42)38-39-16-6-3-7-17-39/h4-5,8-15,18,37H,3,6-7,16-17,20H2,1-2H3,(H,38,42). The molecule has 0 aliphatic carbocycles. The SMILES string of the molecule is CC1(C)C(=O)N(c2ccc(C#N)c(C(F)(F)F)c2)C(=O)N1Cc1ccccc1Nc1ccc(C(=O)NN2CCCCC2)cc1. The number of halogens is 3. The fourth-order valence-corrected chi connectivity index (χ4v) is 5.36. The van der Waals surface area contributed by atoms with Crippen LogP contribution in [-0.4, -0.2) is 46.4 Å². The quantitative estimate of drug-likeness (QED) is 0.311. The summed E-state index contributed by atoms with van der Waals surface area (Å²) in [6.07, 6.45) is -1.60. The van der Waals surface area contributed by atoms with Crippen LogP contribution in [0.1, 0.15) is 60.2 Å². The molecule has 2 heterocycles. The average molecular weight is 605 g/mol. The van der Waals surface area contributed by atoms with E-state index in [1.54, 1.807) is 48.5 Å². The molecule has 4 amide bonds. The number of nitrogens with zero attached hydrogens (tertiary/aromatic N) is 4. The van der Waals surface area contributed by atoms with Crippen molar-refractivity contribution in [2.45, 2.75) is 51.4 Å². The molecule has 12 heteroatoms. The highest BCUT2D eigenvalue weighted by Gasteiger charge is 2.52. The van der Waals surface area contributed by atoms with E-state index in [0.717, 1.165) is 49.4 Å². The molecule has 0 radical (unpaired) electrons. The number of urea groups is 1. The number of alkyl halides is 3. The van der Waals surface area contributed by atoms with Crippen LogP contribution < -0.4 is 15.6 Å². The fraction of sp³-hybridized carbons (Fsp3) is 0.312. The van der Waals surface area contributed by atoms with Gasteiger partial charge in [0.25, 0.3) is 11.8 Å². The maximum Gasteiger partial charge on any atom is 0.417 e. The lowest BCUT2D eigenvalue weighted by molar-refractivity contribution is -0.137. The second-order valence-electron chi connectivity index (χ2n) is 11.3. The van der Waals surface area contributed by atoms with Gasteiger partial charge < -0.3 is 10.2 Å². The Hall–Kier alpha value is -4.89. The highest BCUT2D eigenvalue weighted by Crippen LogP contribution is 2.38. The molecule has 228 valence electrons. The van der Waals surface area contributed by atoms with Gasteiger partial charge in [0.1, 0.15) is 5.54 Å². The Labute approximate surface area is 252 Å². The summed E-state index contributed by atoms with van der Waals surface area (Å²) < 4.78 is 40.8. The van der Waals surface area contributed by atoms with E-state index in [2.05, 4.69) is 10.7 Å². The van der Waals surface area contributed by atoms with Gasteiger partial charge in [0.05, 0.1) is 29.4 Å². The number of benzene rings is 3. The number of piperidine rings is 1. The number of hydrogen-bond donors (Lipinski definition) is 2. The highest BCUT2D eigenvalue weighted by atomic mass is 19.4. The summed E-state index contributed by atoms with van der Waals surface area (Å²) >= 11 is 0. The zero-order chi connectivity index (χ0) is 31.6. The van der Waals surface area contributed by atoms with E-state index < -0.39 is 34.8 Å². The number of carbonyl (C=O) groups is 3. The van der Waals surface area contributed by atoms with Crippen molar-refractivity contribution in [2.75, 3.05) is 23.3 Å². The fourth-order valence-electron chi connectivity index (χ4n) is 5.36. The number of imide groups is 1. The molecule has 5 rings (SSSR count). The molecule has 0 saturated carbocycles. The van der Waals surface area contributed by atoms with Crippen molar-refractivity contribution in [1.29, 1.82) is 5.26 Å². The Morgan fingerprint density at radius 1 is 0.977 bits per heavy atom. The van der Waals surface area contributed by atoms with Crippen LogP contribution in [0.3, 0.4) is 0 Å². The summed E-state index contributed by atoms with van der Waals surface area (Å²) in [7, 11) is 0. The molecule has 2 aliphatic heterocycles. The molecule has 0 unspecified atom stereocenters. The maximum atomic E-state index is 13.6. The van der Waals surface area contributed by atoms with Crippen molar-refractivity contribution >= 4 is 34.9 Å². The third kappa shape index (κ3) is 6.09. The van der Waals surface area contributed by atoms with Crippen molar-refractivity contribution in [2.24, 2.45) is 0 Å². The molecule has 2 fully saturated rings. The van der Waals surface area contributed by atoms with Gasteiger partial charge in [-0.3, -0.25) is 15.0 Å². The van der Waals surface area contributed by atoms with Crippen LogP contribution in [0.15, 0.2) is 66.7 Å². The summed E-state index contributed by atoms with van der Waals surface area (Å²) in [4.78, 5) is 41.7. The van der Waals surface area contributed by atoms with E-state index in [0.29, 0.717) is 28.6 Å². The second-order valence-corrected chi connectivity index (χ2v) is 11.3. The first kappa shape index (κ1) is 30.6. The van der Waals surface area contributed by atoms with E-state index >= 15 is 0 Å². The first-order chi connectivity index (χ1) is 20.9. The zero-order valence-corrected chi connectivity index (χ0v) is 24.2. The highest BCUT2D eigenvalue weighted by molar-refractivity contribution is 6.23. The van der Waals surface area contributed by atoms with Crippen LogP contribution in [0.2, 0.25) is 0 Å². The average Bonchev–Trinajstić information content (AvgIpc) is 3.17. The number of nitriles is 1. The Bertz CT molecular complexity index is 1630. The molecule has 44 heavy (non-hydrogen) atoms. The largest absolute Gasteiger partial charge is 0.417 e. The zero-order valence-electron chi connectivity index (χ0n) is 24.2. The predicted molar refractivity (Wildman–Crippen MR) is 158 cm³/mol. The van der Waals surface area contributed by atoms with Crippen molar-refractivity contribution < 1.29 is 27.6 Å². The predicted octanol–water partition coefficient (Wildman–Crippen LogP) is 6.20. The van der Waals surface area contributed by atoms with Crippen molar-refractivity contribution in [3.05, 3.63) is 89.0 Å². The minimum Gasteiger partial charge on any atom is -0.355 e. The van der Waals surface area contributed by atoms with Gasteiger partial charge >= 0.3 is 12.2 Å². The number of rotatable bonds is 7. The molecule has 2 N–H and O–H groups in total. The van der Waals surface area contributed by atoms with Gasteiger partial charge in [-0.15, -0.1) is 0 Å². The van der Waals surface area contributed by atoms with Gasteiger partial charge in [-0.2, -0.15) is 18.4 Å². The van der Waals surface area contributed by atoms with Crippen LogP contribution in [0.25, 0.3) is 0 Å². The van der Waals surface area contributed by atoms with Crippen molar-refractivity contribution in [1.82, 2.24) is 15.3 Å². The molecular weight excluding hydrogens is 573 g/mol. The number of hydrazine groups is 1. The molecule has 3 aromatic rings. The van der Waals surface area contributed by atoms with Gasteiger partial charge in [0, 0.05) is 30.0 Å². The summed E-state index contributed by atoms with van der Waals surface area (Å²) in [5, 5.41) is 14.4. The molecular formula is C32H31F3N6O3. The first-order valence-corrected chi connectivity index (χ1v) is 14.2. The molecule has 0 atom stereocenters. The first-order valence-electron chi connectivity index (χ1n) is 14.2. The minimum absolute atomic E-state index is 0.0179. The molecule has 2 saturated heterocycles. The van der Waals surface area contributed by atoms with Crippen LogP contribution in [0, 0.1) is 11.3 Å². The minimum atomic E-state index is -4.85. The van der Waals surface area contributed by atoms with Crippen LogP contribution in [-0.2, 0) is 17.5 Å². The Balaban J connectivity index is 1.34. The Kier molecular flexibility index (Phi) is 8.34. The van der Waals surface area contributed by atoms with E-state index in [-0.39, 0.29) is 18.1 Å². The smallest absolute Gasteiger partial charge is 0.355 e. The van der Waals surface area contributed by atoms with Gasteiger partial charge in [0.2, 0.25) is 0 Å². The van der Waals surface area contributed by atoms with Gasteiger partial charge in [-0.1, -0.05) is 24.6 Å². The topological polar surface area (TPSA) is 109 Å². The lowest BCUT2D eigenvalue weighted by atomic mass is 10.0. The van der Waals surface area contributed by atoms with E-state index in [9.17, 15) is 27.6 Å². The normalized spacial score (nSPS) is 17.0. The number of para-hydroxylation sites is 1. The maximum absolute atomic E-state index is 13.6. The summed E-state index contributed by atoms with van der Waals surface area (Å²) in [5.41, 5.74) is 1.97. The van der Waals surface area contributed by atoms with Gasteiger partial charge in [-0.05, 0) is 80.8 Å². The van der Waals surface area contributed by atoms with Gasteiger partial charge in [0.15, 0.2) is 0 Å². The molecule has 9 nitrogen and oxygen atoms in total. The molecule has 3 aromatic carbocycles. The Morgan fingerprint density at radius 3 is 2.32 bits per heavy atom. The second kappa shape index (κ2) is 12.0. The third-order valence-electron chi connectivity index (χ3n) is 7.90.